The molecule has 4 N–H and O–H groups in total. The van der Waals surface area contributed by atoms with Crippen LogP contribution in [-0.4, -0.2) is 27.9 Å². The van der Waals surface area contributed by atoms with E-state index in [1.54, 1.807) is 26.8 Å². The van der Waals surface area contributed by atoms with Crippen molar-refractivity contribution in [3.05, 3.63) is 22.8 Å². The zero-order valence-electron chi connectivity index (χ0n) is 11.5. The first-order valence-electron chi connectivity index (χ1n) is 5.77. The molecule has 0 saturated heterocycles. The summed E-state index contributed by atoms with van der Waals surface area (Å²) in [6, 6.07) is 1.74. The monoisotopic (exact) mass is 285 g/mol. The van der Waals surface area contributed by atoms with E-state index in [4.69, 9.17) is 5.73 Å². The van der Waals surface area contributed by atoms with Gasteiger partial charge in [0.1, 0.15) is 0 Å². The van der Waals surface area contributed by atoms with Crippen molar-refractivity contribution in [1.29, 1.82) is 0 Å². The van der Waals surface area contributed by atoms with Crippen LogP contribution in [0.5, 0.6) is 0 Å². The highest BCUT2D eigenvalue weighted by Gasteiger charge is 2.22. The topological polar surface area (TPSA) is 101 Å². The van der Waals surface area contributed by atoms with E-state index in [1.165, 1.54) is 7.05 Å². The van der Waals surface area contributed by atoms with E-state index >= 15 is 0 Å². The van der Waals surface area contributed by atoms with Crippen LogP contribution in [0, 0.1) is 20.8 Å². The van der Waals surface area contributed by atoms with Gasteiger partial charge in [-0.1, -0.05) is 0 Å². The Morgan fingerprint density at radius 3 is 2.37 bits per heavy atom. The summed E-state index contributed by atoms with van der Waals surface area (Å²) in [5.41, 5.74) is 8.14. The maximum absolute atomic E-state index is 12.3. The van der Waals surface area contributed by atoms with Crippen LogP contribution in [0.15, 0.2) is 11.0 Å². The Bertz CT molecular complexity index is 583. The first-order valence-corrected chi connectivity index (χ1v) is 7.25. The number of nitrogens with two attached hydrogens (primary N) is 1. The molecule has 0 atom stereocenters. The van der Waals surface area contributed by atoms with Gasteiger partial charge in [0, 0.05) is 12.7 Å². The zero-order chi connectivity index (χ0) is 14.8. The van der Waals surface area contributed by atoms with Gasteiger partial charge in [-0.2, -0.15) is 0 Å². The van der Waals surface area contributed by atoms with Crippen molar-refractivity contribution < 1.29 is 13.2 Å². The first kappa shape index (κ1) is 15.5. The SMILES string of the molecule is CNC(=O)CNS(=O)(=O)c1c(C)c(C)cc(N)c1C. The lowest BCUT2D eigenvalue weighted by Gasteiger charge is -2.15. The molecule has 0 radical (unpaired) electrons. The Morgan fingerprint density at radius 1 is 1.26 bits per heavy atom. The number of likely N-dealkylation sites (N-methyl/N-ethyl adjacent to an activating group) is 1. The smallest absolute Gasteiger partial charge is 0.241 e. The number of sulfonamides is 1. The van der Waals surface area contributed by atoms with Crippen LogP contribution in [0.2, 0.25) is 0 Å². The van der Waals surface area contributed by atoms with E-state index < -0.39 is 15.9 Å². The third kappa shape index (κ3) is 3.24. The largest absolute Gasteiger partial charge is 0.398 e. The van der Waals surface area contributed by atoms with Gasteiger partial charge in [-0.05, 0) is 43.5 Å². The van der Waals surface area contributed by atoms with Gasteiger partial charge in [0.25, 0.3) is 0 Å². The lowest BCUT2D eigenvalue weighted by atomic mass is 10.1. The molecule has 1 amide bonds. The van der Waals surface area contributed by atoms with Gasteiger partial charge in [0.15, 0.2) is 0 Å². The van der Waals surface area contributed by atoms with Crippen molar-refractivity contribution in [2.45, 2.75) is 25.7 Å². The number of anilines is 1. The number of amides is 1. The predicted molar refractivity (Wildman–Crippen MR) is 74.3 cm³/mol. The van der Waals surface area contributed by atoms with Crippen molar-refractivity contribution in [3.63, 3.8) is 0 Å². The minimum atomic E-state index is -3.76. The van der Waals surface area contributed by atoms with E-state index in [1.807, 2.05) is 0 Å². The van der Waals surface area contributed by atoms with Crippen molar-refractivity contribution in [1.82, 2.24) is 10.0 Å². The van der Waals surface area contributed by atoms with Crippen LogP contribution in [0.25, 0.3) is 0 Å². The number of aryl methyl sites for hydroxylation is 1. The summed E-state index contributed by atoms with van der Waals surface area (Å²) in [4.78, 5) is 11.3. The number of carbonyl (C=O) groups is 1. The normalized spacial score (nSPS) is 11.4. The third-order valence-corrected chi connectivity index (χ3v) is 4.72. The Morgan fingerprint density at radius 2 is 1.84 bits per heavy atom. The summed E-state index contributed by atoms with van der Waals surface area (Å²) in [6.07, 6.45) is 0. The van der Waals surface area contributed by atoms with Crippen LogP contribution in [0.4, 0.5) is 5.69 Å². The molecule has 6 nitrogen and oxygen atoms in total. The van der Waals surface area contributed by atoms with Gasteiger partial charge >= 0.3 is 0 Å². The van der Waals surface area contributed by atoms with Crippen LogP contribution in [0.3, 0.4) is 0 Å². The summed E-state index contributed by atoms with van der Waals surface area (Å²) in [6.45, 7) is 4.86. The van der Waals surface area contributed by atoms with E-state index in [0.29, 0.717) is 16.8 Å². The number of nitrogen functional groups attached to an aromatic ring is 1. The molecule has 0 aliphatic carbocycles. The lowest BCUT2D eigenvalue weighted by Crippen LogP contribution is -2.35. The molecule has 0 aromatic heterocycles. The maximum atomic E-state index is 12.3. The van der Waals surface area contributed by atoms with Gasteiger partial charge in [0.2, 0.25) is 15.9 Å². The highest BCUT2D eigenvalue weighted by atomic mass is 32.2. The highest BCUT2D eigenvalue weighted by Crippen LogP contribution is 2.27. The summed E-state index contributed by atoms with van der Waals surface area (Å²) >= 11 is 0. The molecule has 1 aromatic rings. The Balaban J connectivity index is 3.25. The number of hydrogen-bond donors (Lipinski definition) is 3. The molecule has 7 heteroatoms. The van der Waals surface area contributed by atoms with Crippen molar-refractivity contribution in [2.75, 3.05) is 19.3 Å². The van der Waals surface area contributed by atoms with Crippen molar-refractivity contribution in [3.8, 4) is 0 Å². The molecular formula is C12H19N3O3S. The van der Waals surface area contributed by atoms with Gasteiger partial charge in [-0.3, -0.25) is 4.79 Å². The molecule has 0 heterocycles. The Hall–Kier alpha value is -1.60. The van der Waals surface area contributed by atoms with Crippen LogP contribution < -0.4 is 15.8 Å². The second-order valence-corrected chi connectivity index (χ2v) is 6.06. The molecule has 0 fully saturated rings. The lowest BCUT2D eigenvalue weighted by molar-refractivity contribution is -0.119. The molecule has 0 spiro atoms. The molecule has 0 saturated carbocycles. The summed E-state index contributed by atoms with van der Waals surface area (Å²) < 4.78 is 26.8. The van der Waals surface area contributed by atoms with Crippen LogP contribution >= 0.6 is 0 Å². The second-order valence-electron chi connectivity index (χ2n) is 4.36. The maximum Gasteiger partial charge on any atom is 0.241 e. The van der Waals surface area contributed by atoms with Gasteiger partial charge in [-0.15, -0.1) is 0 Å². The Kier molecular flexibility index (Phi) is 4.54. The summed E-state index contributed by atoms with van der Waals surface area (Å²) in [7, 11) is -2.32. The fourth-order valence-corrected chi connectivity index (χ4v) is 3.32. The number of benzene rings is 1. The minimum absolute atomic E-state index is 0.147. The highest BCUT2D eigenvalue weighted by molar-refractivity contribution is 7.89. The van der Waals surface area contributed by atoms with Gasteiger partial charge in [0.05, 0.1) is 11.4 Å². The molecule has 0 bridgehead atoms. The van der Waals surface area contributed by atoms with Crippen LogP contribution in [-0.2, 0) is 14.8 Å². The van der Waals surface area contributed by atoms with Crippen LogP contribution in [0.1, 0.15) is 16.7 Å². The molecule has 106 valence electrons. The fourth-order valence-electron chi connectivity index (χ4n) is 1.77. The fraction of sp³-hybridized carbons (Fsp3) is 0.417. The van der Waals surface area contributed by atoms with E-state index in [-0.39, 0.29) is 11.4 Å². The molecule has 0 aliphatic rings. The average Bonchev–Trinajstić information content (AvgIpc) is 2.33. The van der Waals surface area contributed by atoms with E-state index in [0.717, 1.165) is 5.56 Å². The quantitative estimate of drug-likeness (QED) is 0.689. The third-order valence-electron chi connectivity index (χ3n) is 3.05. The molecular weight excluding hydrogens is 266 g/mol. The summed E-state index contributed by atoms with van der Waals surface area (Å²) in [5.74, 6) is -0.403. The minimum Gasteiger partial charge on any atom is -0.398 e. The Labute approximate surface area is 113 Å². The number of carbonyl (C=O) groups excluding carboxylic acids is 1. The second kappa shape index (κ2) is 5.58. The van der Waals surface area contributed by atoms with Gasteiger partial charge < -0.3 is 11.1 Å². The molecule has 1 rings (SSSR count). The van der Waals surface area contributed by atoms with E-state index in [9.17, 15) is 13.2 Å². The molecule has 19 heavy (non-hydrogen) atoms. The number of rotatable bonds is 4. The first-order chi connectivity index (χ1) is 8.70. The molecule has 0 aliphatic heterocycles. The molecule has 1 aromatic carbocycles. The van der Waals surface area contributed by atoms with Crippen molar-refractivity contribution >= 4 is 21.6 Å². The standard InChI is InChI=1S/C12H19N3O3S/c1-7-5-10(13)9(3)12(8(7)2)19(17,18)15-6-11(16)14-4/h5,15H,6,13H2,1-4H3,(H,14,16). The van der Waals surface area contributed by atoms with Crippen molar-refractivity contribution in [2.24, 2.45) is 0 Å². The predicted octanol–water partition coefficient (Wildman–Crippen LogP) is 0.218. The summed E-state index contributed by atoms with van der Waals surface area (Å²) in [5, 5.41) is 2.35. The van der Waals surface area contributed by atoms with Gasteiger partial charge in [-0.25, -0.2) is 13.1 Å². The number of hydrogen-bond acceptors (Lipinski definition) is 4. The zero-order valence-corrected chi connectivity index (χ0v) is 12.3. The number of nitrogens with one attached hydrogen (secondary N) is 2. The van der Waals surface area contributed by atoms with E-state index in [2.05, 4.69) is 10.0 Å². The average molecular weight is 285 g/mol. The molecule has 0 unspecified atom stereocenters.